The second-order valence-electron chi connectivity index (χ2n) is 4.52. The molecule has 23 heavy (non-hydrogen) atoms. The molecule has 9 heteroatoms. The highest BCUT2D eigenvalue weighted by atomic mass is 32.2. The van der Waals surface area contributed by atoms with Crippen LogP contribution in [0.5, 0.6) is 5.75 Å². The van der Waals surface area contributed by atoms with Crippen molar-refractivity contribution in [1.82, 2.24) is 30.3 Å². The van der Waals surface area contributed by atoms with Crippen LogP contribution in [0.4, 0.5) is 0 Å². The summed E-state index contributed by atoms with van der Waals surface area (Å²) in [7, 11) is 0. The topological polar surface area (TPSA) is 91.8 Å². The van der Waals surface area contributed by atoms with Gasteiger partial charge in [0.2, 0.25) is 11.0 Å². The van der Waals surface area contributed by atoms with Gasteiger partial charge >= 0.3 is 0 Å². The molecule has 0 spiro atoms. The standard InChI is InChI=1S/C14H16N6O2S/c1-3-12-15-13(22-17-12)9-23-14-16-18-19-20(14)10-7-5-6-8-11(10)21-4-2/h5-8H,3-4,9H2,1-2H3. The summed E-state index contributed by atoms with van der Waals surface area (Å²) in [5.41, 5.74) is 0.793. The highest BCUT2D eigenvalue weighted by Gasteiger charge is 2.15. The van der Waals surface area contributed by atoms with Crippen molar-refractivity contribution in [2.24, 2.45) is 0 Å². The molecule has 0 unspecified atom stereocenters. The van der Waals surface area contributed by atoms with Gasteiger partial charge in [-0.3, -0.25) is 0 Å². The summed E-state index contributed by atoms with van der Waals surface area (Å²) in [6.45, 7) is 4.49. The summed E-state index contributed by atoms with van der Waals surface area (Å²) in [6, 6.07) is 7.63. The molecule has 0 aliphatic rings. The van der Waals surface area contributed by atoms with E-state index in [0.717, 1.165) is 17.9 Å². The van der Waals surface area contributed by atoms with E-state index < -0.39 is 0 Å². The lowest BCUT2D eigenvalue weighted by atomic mass is 10.3. The number of hydrogen-bond donors (Lipinski definition) is 0. The van der Waals surface area contributed by atoms with E-state index in [-0.39, 0.29) is 0 Å². The van der Waals surface area contributed by atoms with Crippen molar-refractivity contribution in [3.8, 4) is 11.4 Å². The number of hydrogen-bond acceptors (Lipinski definition) is 8. The summed E-state index contributed by atoms with van der Waals surface area (Å²) in [5.74, 6) is 2.49. The van der Waals surface area contributed by atoms with E-state index in [0.29, 0.717) is 29.2 Å². The highest BCUT2D eigenvalue weighted by Crippen LogP contribution is 2.27. The van der Waals surface area contributed by atoms with Gasteiger partial charge in [-0.1, -0.05) is 36.0 Å². The van der Waals surface area contributed by atoms with Crippen LogP contribution >= 0.6 is 11.8 Å². The highest BCUT2D eigenvalue weighted by molar-refractivity contribution is 7.98. The quantitative estimate of drug-likeness (QED) is 0.609. The number of rotatable bonds is 7. The third kappa shape index (κ3) is 3.50. The molecule has 120 valence electrons. The van der Waals surface area contributed by atoms with E-state index in [9.17, 15) is 0 Å². The summed E-state index contributed by atoms with van der Waals surface area (Å²) < 4.78 is 12.5. The summed E-state index contributed by atoms with van der Waals surface area (Å²) >= 11 is 1.43. The molecule has 0 radical (unpaired) electrons. The molecule has 0 amide bonds. The van der Waals surface area contributed by atoms with Crippen LogP contribution in [0.25, 0.3) is 5.69 Å². The molecular formula is C14H16N6O2S. The summed E-state index contributed by atoms with van der Waals surface area (Å²) in [6.07, 6.45) is 0.744. The minimum Gasteiger partial charge on any atom is -0.492 e. The third-order valence-corrected chi connectivity index (χ3v) is 3.89. The van der Waals surface area contributed by atoms with E-state index in [4.69, 9.17) is 9.26 Å². The number of para-hydroxylation sites is 2. The van der Waals surface area contributed by atoms with E-state index >= 15 is 0 Å². The SMILES string of the molecule is CCOc1ccccc1-n1nnnc1SCc1nc(CC)no1. The first-order valence-corrected chi connectivity index (χ1v) is 8.25. The van der Waals surface area contributed by atoms with Crippen molar-refractivity contribution >= 4 is 11.8 Å². The minimum absolute atomic E-state index is 0.504. The van der Waals surface area contributed by atoms with Crippen molar-refractivity contribution in [1.29, 1.82) is 0 Å². The van der Waals surface area contributed by atoms with E-state index in [1.165, 1.54) is 11.8 Å². The van der Waals surface area contributed by atoms with Crippen molar-refractivity contribution in [3.05, 3.63) is 36.0 Å². The van der Waals surface area contributed by atoms with Gasteiger partial charge in [0, 0.05) is 6.42 Å². The summed E-state index contributed by atoms with van der Waals surface area (Å²) in [5, 5.41) is 16.4. The molecule has 8 nitrogen and oxygen atoms in total. The Hall–Kier alpha value is -2.42. The molecule has 0 N–H and O–H groups in total. The van der Waals surface area contributed by atoms with Crippen molar-refractivity contribution in [2.75, 3.05) is 6.61 Å². The molecule has 0 fully saturated rings. The molecule has 0 saturated carbocycles. The lowest BCUT2D eigenvalue weighted by molar-refractivity contribution is 0.337. The maximum Gasteiger partial charge on any atom is 0.237 e. The predicted octanol–water partition coefficient (Wildman–Crippen LogP) is 2.30. The zero-order chi connectivity index (χ0) is 16.1. The fraction of sp³-hybridized carbons (Fsp3) is 0.357. The average molecular weight is 332 g/mol. The van der Waals surface area contributed by atoms with E-state index in [2.05, 4.69) is 25.7 Å². The van der Waals surface area contributed by atoms with Gasteiger partial charge in [-0.05, 0) is 29.5 Å². The number of tetrazole rings is 1. The van der Waals surface area contributed by atoms with Crippen LogP contribution in [-0.2, 0) is 12.2 Å². The molecule has 0 saturated heterocycles. The first-order valence-electron chi connectivity index (χ1n) is 7.26. The van der Waals surface area contributed by atoms with E-state index in [1.807, 2.05) is 38.1 Å². The Morgan fingerprint density at radius 3 is 2.91 bits per heavy atom. The zero-order valence-corrected chi connectivity index (χ0v) is 13.7. The predicted molar refractivity (Wildman–Crippen MR) is 83.6 cm³/mol. The maximum absolute atomic E-state index is 5.63. The van der Waals surface area contributed by atoms with Gasteiger partial charge in [-0.15, -0.1) is 5.10 Å². The van der Waals surface area contributed by atoms with Crippen LogP contribution < -0.4 is 4.74 Å². The number of benzene rings is 1. The van der Waals surface area contributed by atoms with Crippen molar-refractivity contribution in [2.45, 2.75) is 31.2 Å². The molecule has 2 aromatic heterocycles. The molecule has 1 aromatic carbocycles. The van der Waals surface area contributed by atoms with Crippen molar-refractivity contribution < 1.29 is 9.26 Å². The number of ether oxygens (including phenoxy) is 1. The second-order valence-corrected chi connectivity index (χ2v) is 5.46. The lowest BCUT2D eigenvalue weighted by Gasteiger charge is -2.10. The Kier molecular flexibility index (Phi) is 4.86. The molecule has 2 heterocycles. The van der Waals surface area contributed by atoms with E-state index in [1.54, 1.807) is 4.68 Å². The van der Waals surface area contributed by atoms with Gasteiger partial charge in [0.15, 0.2) is 5.82 Å². The van der Waals surface area contributed by atoms with Crippen molar-refractivity contribution in [3.63, 3.8) is 0 Å². The van der Waals surface area contributed by atoms with Gasteiger partial charge in [0.1, 0.15) is 11.4 Å². The third-order valence-electron chi connectivity index (χ3n) is 2.99. The number of nitrogens with zero attached hydrogens (tertiary/aromatic N) is 6. The Bertz CT molecular complexity index is 772. The summed E-state index contributed by atoms with van der Waals surface area (Å²) in [4.78, 5) is 4.28. The smallest absolute Gasteiger partial charge is 0.237 e. The second kappa shape index (κ2) is 7.23. The lowest BCUT2D eigenvalue weighted by Crippen LogP contribution is -2.03. The van der Waals surface area contributed by atoms with Gasteiger partial charge in [0.05, 0.1) is 12.4 Å². The number of aryl methyl sites for hydroxylation is 1. The van der Waals surface area contributed by atoms with Gasteiger partial charge in [-0.25, -0.2) is 0 Å². The largest absolute Gasteiger partial charge is 0.492 e. The Morgan fingerprint density at radius 2 is 2.13 bits per heavy atom. The molecule has 3 aromatic rings. The van der Waals surface area contributed by atoms with Crippen LogP contribution in [0.2, 0.25) is 0 Å². The fourth-order valence-corrected chi connectivity index (χ4v) is 2.67. The van der Waals surface area contributed by atoms with Gasteiger partial charge in [0.25, 0.3) is 0 Å². The normalized spacial score (nSPS) is 10.9. The van der Waals surface area contributed by atoms with Crippen LogP contribution in [-0.4, -0.2) is 37.0 Å². The van der Waals surface area contributed by atoms with Gasteiger partial charge < -0.3 is 9.26 Å². The first kappa shape index (κ1) is 15.5. The van der Waals surface area contributed by atoms with Gasteiger partial charge in [-0.2, -0.15) is 9.67 Å². The first-order chi connectivity index (χ1) is 11.3. The number of aromatic nitrogens is 6. The molecule has 0 aliphatic heterocycles. The Morgan fingerprint density at radius 1 is 1.26 bits per heavy atom. The molecule has 0 atom stereocenters. The van der Waals surface area contributed by atoms with Crippen LogP contribution in [0.3, 0.4) is 0 Å². The Balaban J connectivity index is 1.79. The zero-order valence-electron chi connectivity index (χ0n) is 12.8. The molecule has 0 aliphatic carbocycles. The molecule has 0 bridgehead atoms. The average Bonchev–Trinajstić information content (AvgIpc) is 3.22. The fourth-order valence-electron chi connectivity index (χ4n) is 1.95. The molecular weight excluding hydrogens is 316 g/mol. The van der Waals surface area contributed by atoms with Crippen LogP contribution in [0.15, 0.2) is 33.9 Å². The Labute approximate surface area is 137 Å². The minimum atomic E-state index is 0.504. The monoisotopic (exact) mass is 332 g/mol. The number of thioether (sulfide) groups is 1. The maximum atomic E-state index is 5.63. The molecule has 3 rings (SSSR count). The van der Waals surface area contributed by atoms with Crippen LogP contribution in [0, 0.1) is 0 Å². The van der Waals surface area contributed by atoms with Crippen LogP contribution in [0.1, 0.15) is 25.6 Å².